The van der Waals surface area contributed by atoms with Gasteiger partial charge in [0.25, 0.3) is 0 Å². The van der Waals surface area contributed by atoms with Gasteiger partial charge in [-0.2, -0.15) is 0 Å². The highest BCUT2D eigenvalue weighted by molar-refractivity contribution is 5.67. The van der Waals surface area contributed by atoms with Gasteiger partial charge in [-0.1, -0.05) is 6.07 Å². The van der Waals surface area contributed by atoms with Gasteiger partial charge in [0.2, 0.25) is 0 Å². The van der Waals surface area contributed by atoms with E-state index >= 15 is 0 Å². The van der Waals surface area contributed by atoms with Crippen molar-refractivity contribution in [3.63, 3.8) is 0 Å². The minimum absolute atomic E-state index is 0.147. The van der Waals surface area contributed by atoms with Gasteiger partial charge in [0, 0.05) is 30.9 Å². The molecule has 1 fully saturated rings. The quantitative estimate of drug-likeness (QED) is 0.828. The molecule has 1 saturated heterocycles. The lowest BCUT2D eigenvalue weighted by Gasteiger charge is -2.47. The Labute approximate surface area is 105 Å². The highest BCUT2D eigenvalue weighted by Gasteiger charge is 2.36. The smallest absolute Gasteiger partial charge is 0.407 e. The van der Waals surface area contributed by atoms with E-state index in [-0.39, 0.29) is 11.9 Å². The van der Waals surface area contributed by atoms with Gasteiger partial charge in [-0.05, 0) is 25.0 Å². The van der Waals surface area contributed by atoms with Gasteiger partial charge in [0.15, 0.2) is 0 Å². The van der Waals surface area contributed by atoms with Crippen molar-refractivity contribution in [2.24, 2.45) is 0 Å². The van der Waals surface area contributed by atoms with Gasteiger partial charge in [-0.25, -0.2) is 9.18 Å². The van der Waals surface area contributed by atoms with Gasteiger partial charge in [0.1, 0.15) is 5.82 Å². The van der Waals surface area contributed by atoms with E-state index in [2.05, 4.69) is 4.90 Å². The Hall–Kier alpha value is -1.78. The van der Waals surface area contributed by atoms with Crippen LogP contribution in [-0.4, -0.2) is 41.8 Å². The maximum absolute atomic E-state index is 13.7. The zero-order valence-electron chi connectivity index (χ0n) is 9.97. The van der Waals surface area contributed by atoms with E-state index in [9.17, 15) is 9.18 Å². The molecule has 0 unspecified atom stereocenters. The number of hydrogen-bond acceptors (Lipinski definition) is 2. The fourth-order valence-corrected chi connectivity index (χ4v) is 2.80. The van der Waals surface area contributed by atoms with Crippen molar-refractivity contribution in [2.75, 3.05) is 24.5 Å². The SMILES string of the molecule is O=C(O)N1CC(N2CCCc3c(F)cccc32)C1. The summed E-state index contributed by atoms with van der Waals surface area (Å²) in [5.41, 5.74) is 1.72. The number of hydrogen-bond donors (Lipinski definition) is 1. The number of benzene rings is 1. The number of carboxylic acid groups (broad SMARTS) is 1. The van der Waals surface area contributed by atoms with Crippen molar-refractivity contribution in [1.82, 2.24) is 4.90 Å². The average Bonchev–Trinajstić information content (AvgIpc) is 2.28. The van der Waals surface area contributed by atoms with E-state index < -0.39 is 6.09 Å². The summed E-state index contributed by atoms with van der Waals surface area (Å²) in [6, 6.07) is 5.34. The van der Waals surface area contributed by atoms with E-state index in [0.717, 1.165) is 30.6 Å². The number of likely N-dealkylation sites (tertiary alicyclic amines) is 1. The molecule has 2 aliphatic heterocycles. The first-order valence-electron chi connectivity index (χ1n) is 6.18. The first-order valence-corrected chi connectivity index (χ1v) is 6.18. The van der Waals surface area contributed by atoms with Crippen LogP contribution in [0.5, 0.6) is 0 Å². The number of anilines is 1. The van der Waals surface area contributed by atoms with Crippen molar-refractivity contribution >= 4 is 11.8 Å². The van der Waals surface area contributed by atoms with E-state index in [1.807, 2.05) is 6.07 Å². The van der Waals surface area contributed by atoms with Crippen LogP contribution in [0.2, 0.25) is 0 Å². The number of amides is 1. The summed E-state index contributed by atoms with van der Waals surface area (Å²) in [6.07, 6.45) is 0.827. The molecule has 0 aromatic heterocycles. The van der Waals surface area contributed by atoms with Crippen molar-refractivity contribution in [3.05, 3.63) is 29.6 Å². The summed E-state index contributed by atoms with van der Waals surface area (Å²) in [5, 5.41) is 8.84. The highest BCUT2D eigenvalue weighted by atomic mass is 19.1. The minimum Gasteiger partial charge on any atom is -0.465 e. The third kappa shape index (κ3) is 1.70. The number of rotatable bonds is 1. The summed E-state index contributed by atoms with van der Waals surface area (Å²) in [7, 11) is 0. The van der Waals surface area contributed by atoms with Crippen LogP contribution in [0.1, 0.15) is 12.0 Å². The predicted molar refractivity (Wildman–Crippen MR) is 65.5 cm³/mol. The fourth-order valence-electron chi connectivity index (χ4n) is 2.80. The number of halogens is 1. The fraction of sp³-hybridized carbons (Fsp3) is 0.462. The summed E-state index contributed by atoms with van der Waals surface area (Å²) in [5.74, 6) is -0.147. The normalized spacial score (nSPS) is 19.4. The molecule has 18 heavy (non-hydrogen) atoms. The van der Waals surface area contributed by atoms with Crippen LogP contribution in [-0.2, 0) is 6.42 Å². The standard InChI is InChI=1S/C13H15FN2O2/c14-11-4-1-5-12-10(11)3-2-6-16(12)9-7-15(8-9)13(17)18/h1,4-5,9H,2-3,6-8H2,(H,17,18). The maximum Gasteiger partial charge on any atom is 0.407 e. The zero-order chi connectivity index (χ0) is 12.7. The van der Waals surface area contributed by atoms with Gasteiger partial charge < -0.3 is 14.9 Å². The van der Waals surface area contributed by atoms with Gasteiger partial charge in [0.05, 0.1) is 6.04 Å². The van der Waals surface area contributed by atoms with E-state index in [1.165, 1.54) is 11.0 Å². The van der Waals surface area contributed by atoms with Crippen molar-refractivity contribution in [1.29, 1.82) is 0 Å². The van der Waals surface area contributed by atoms with Crippen LogP contribution in [0, 0.1) is 5.82 Å². The Morgan fingerprint density at radius 1 is 1.39 bits per heavy atom. The second-order valence-corrected chi connectivity index (χ2v) is 4.88. The van der Waals surface area contributed by atoms with Gasteiger partial charge >= 0.3 is 6.09 Å². The Bertz CT molecular complexity index is 486. The maximum atomic E-state index is 13.7. The van der Waals surface area contributed by atoms with E-state index in [1.54, 1.807) is 6.07 Å². The van der Waals surface area contributed by atoms with Crippen LogP contribution in [0.25, 0.3) is 0 Å². The largest absolute Gasteiger partial charge is 0.465 e. The molecule has 2 heterocycles. The van der Waals surface area contributed by atoms with E-state index in [0.29, 0.717) is 13.1 Å². The molecule has 0 bridgehead atoms. The molecule has 1 amide bonds. The number of carbonyl (C=O) groups is 1. The van der Waals surface area contributed by atoms with Crippen molar-refractivity contribution < 1.29 is 14.3 Å². The van der Waals surface area contributed by atoms with Gasteiger partial charge in [-0.3, -0.25) is 0 Å². The molecule has 0 aliphatic carbocycles. The summed E-state index contributed by atoms with van der Waals surface area (Å²) < 4.78 is 13.7. The molecule has 96 valence electrons. The second-order valence-electron chi connectivity index (χ2n) is 4.88. The molecule has 0 radical (unpaired) electrons. The molecule has 0 atom stereocenters. The first-order chi connectivity index (χ1) is 8.66. The van der Waals surface area contributed by atoms with Crippen LogP contribution >= 0.6 is 0 Å². The summed E-state index contributed by atoms with van der Waals surface area (Å²) >= 11 is 0. The average molecular weight is 250 g/mol. The van der Waals surface area contributed by atoms with Crippen LogP contribution in [0.3, 0.4) is 0 Å². The topological polar surface area (TPSA) is 43.8 Å². The monoisotopic (exact) mass is 250 g/mol. The number of fused-ring (bicyclic) bond motifs is 1. The lowest BCUT2D eigenvalue weighted by Crippen LogP contribution is -2.61. The molecule has 0 spiro atoms. The zero-order valence-corrected chi connectivity index (χ0v) is 9.97. The third-order valence-electron chi connectivity index (χ3n) is 3.80. The van der Waals surface area contributed by atoms with Crippen molar-refractivity contribution in [2.45, 2.75) is 18.9 Å². The lowest BCUT2D eigenvalue weighted by molar-refractivity contribution is 0.103. The summed E-state index contributed by atoms with van der Waals surface area (Å²) in [6.45, 7) is 1.92. The molecule has 1 N–H and O–H groups in total. The molecule has 2 aliphatic rings. The Balaban J connectivity index is 1.81. The summed E-state index contributed by atoms with van der Waals surface area (Å²) in [4.78, 5) is 14.3. The first kappa shape index (κ1) is 11.3. The second kappa shape index (κ2) is 4.15. The van der Waals surface area contributed by atoms with Crippen molar-refractivity contribution in [3.8, 4) is 0 Å². The molecule has 0 saturated carbocycles. The molecule has 3 rings (SSSR count). The van der Waals surface area contributed by atoms with E-state index in [4.69, 9.17) is 5.11 Å². The highest BCUT2D eigenvalue weighted by Crippen LogP contribution is 2.32. The Morgan fingerprint density at radius 2 is 2.17 bits per heavy atom. The molecule has 5 heteroatoms. The Kier molecular flexibility index (Phi) is 2.61. The van der Waals surface area contributed by atoms with Crippen LogP contribution in [0.15, 0.2) is 18.2 Å². The molecule has 4 nitrogen and oxygen atoms in total. The lowest BCUT2D eigenvalue weighted by atomic mass is 9.97. The number of nitrogens with zero attached hydrogens (tertiary/aromatic N) is 2. The molecular formula is C13H15FN2O2. The van der Waals surface area contributed by atoms with Crippen LogP contribution in [0.4, 0.5) is 14.9 Å². The molecule has 1 aromatic carbocycles. The Morgan fingerprint density at radius 3 is 2.89 bits per heavy atom. The van der Waals surface area contributed by atoms with Crippen LogP contribution < -0.4 is 4.90 Å². The predicted octanol–water partition coefficient (Wildman–Crippen LogP) is 1.94. The minimum atomic E-state index is -0.872. The third-order valence-corrected chi connectivity index (χ3v) is 3.80. The molecule has 1 aromatic rings. The van der Waals surface area contributed by atoms with Gasteiger partial charge in [-0.15, -0.1) is 0 Å². The molecular weight excluding hydrogens is 235 g/mol.